The molecule has 7 heterocycles. The number of H-pyrrole nitrogens is 3. The maximum Gasteiger partial charge on any atom is 0.175 e. The van der Waals surface area contributed by atoms with Gasteiger partial charge in [0.2, 0.25) is 0 Å². The van der Waals surface area contributed by atoms with Crippen molar-refractivity contribution in [1.29, 1.82) is 0 Å². The first-order chi connectivity index (χ1) is 26.7. The molecule has 0 aliphatic rings. The van der Waals surface area contributed by atoms with Gasteiger partial charge in [0.15, 0.2) is 10.8 Å². The molecule has 0 aliphatic heterocycles. The molecule has 54 heavy (non-hydrogen) atoms. The normalized spacial score (nSPS) is 12.1. The second-order valence-electron chi connectivity index (χ2n) is 13.6. The van der Waals surface area contributed by atoms with Gasteiger partial charge in [0.1, 0.15) is 17.1 Å². The summed E-state index contributed by atoms with van der Waals surface area (Å²) in [6, 6.07) is 45.9. The summed E-state index contributed by atoms with van der Waals surface area (Å²) in [5, 5.41) is 12.3. The minimum Gasteiger partial charge on any atom is -0.453 e. The highest BCUT2D eigenvalue weighted by Gasteiger charge is 2.31. The van der Waals surface area contributed by atoms with E-state index in [0.29, 0.717) is 11.6 Å². The molecule has 0 fully saturated rings. The summed E-state index contributed by atoms with van der Waals surface area (Å²) in [5.41, 5.74) is 13.2. The summed E-state index contributed by atoms with van der Waals surface area (Å²) in [4.78, 5) is 17.8. The zero-order valence-electron chi connectivity index (χ0n) is 28.5. The number of pyridine rings is 1. The summed E-state index contributed by atoms with van der Waals surface area (Å²) in [6.45, 7) is 0. The van der Waals surface area contributed by atoms with Crippen LogP contribution in [0.3, 0.4) is 0 Å². The van der Waals surface area contributed by atoms with E-state index < -0.39 is 0 Å². The molecule has 0 saturated heterocycles. The summed E-state index contributed by atoms with van der Waals surface area (Å²) in [7, 11) is 0. The Hall–Kier alpha value is -7.23. The third-order valence-electron chi connectivity index (χ3n) is 10.5. The Morgan fingerprint density at radius 2 is 1.41 bits per heavy atom. The summed E-state index contributed by atoms with van der Waals surface area (Å²) < 4.78 is 10.4. The van der Waals surface area contributed by atoms with Crippen LogP contribution in [0.2, 0.25) is 0 Å². The number of aromatic amines is 3. The van der Waals surface area contributed by atoms with Crippen LogP contribution in [0, 0.1) is 0 Å². The van der Waals surface area contributed by atoms with E-state index in [-0.39, 0.29) is 0 Å². The lowest BCUT2D eigenvalue weighted by atomic mass is 9.87. The van der Waals surface area contributed by atoms with Crippen LogP contribution >= 0.6 is 11.3 Å². The fourth-order valence-corrected chi connectivity index (χ4v) is 9.00. The molecule has 5 aromatic carbocycles. The lowest BCUT2D eigenvalue weighted by molar-refractivity contribution is 0.632. The van der Waals surface area contributed by atoms with Crippen molar-refractivity contribution in [2.45, 2.75) is 0 Å². The number of benzene rings is 5. The van der Waals surface area contributed by atoms with Crippen LogP contribution in [0.1, 0.15) is 0 Å². The number of hydrogen-bond donors (Lipinski definition) is 3. The van der Waals surface area contributed by atoms with Gasteiger partial charge in [-0.25, -0.2) is 9.97 Å². The molecule has 3 N–H and O–H groups in total. The minimum absolute atomic E-state index is 0.666. The summed E-state index contributed by atoms with van der Waals surface area (Å²) >= 11 is 1.62. The van der Waals surface area contributed by atoms with Crippen molar-refractivity contribution in [3.05, 3.63) is 146 Å². The van der Waals surface area contributed by atoms with E-state index in [9.17, 15) is 0 Å². The zero-order chi connectivity index (χ0) is 35.3. The van der Waals surface area contributed by atoms with E-state index in [1.165, 1.54) is 0 Å². The lowest BCUT2D eigenvalue weighted by Crippen LogP contribution is -1.95. The molecule has 0 unspecified atom stereocenters. The maximum absolute atomic E-state index is 7.15. The van der Waals surface area contributed by atoms with Crippen LogP contribution in [0.15, 0.2) is 150 Å². The van der Waals surface area contributed by atoms with Crippen molar-refractivity contribution in [1.82, 2.24) is 34.5 Å². The molecular formula is C45H27N7OS. The molecule has 7 aromatic heterocycles. The Kier molecular flexibility index (Phi) is 6.05. The molecular weight excluding hydrogens is 687 g/mol. The third kappa shape index (κ3) is 4.27. The Morgan fingerprint density at radius 1 is 0.611 bits per heavy atom. The highest BCUT2D eigenvalue weighted by atomic mass is 32.1. The lowest BCUT2D eigenvalue weighted by Gasteiger charge is -2.16. The zero-order valence-corrected chi connectivity index (χ0v) is 29.3. The molecule has 12 aromatic rings. The van der Waals surface area contributed by atoms with Crippen LogP contribution in [-0.4, -0.2) is 34.5 Å². The first kappa shape index (κ1) is 29.4. The number of thiazole rings is 1. The smallest absolute Gasteiger partial charge is 0.175 e. The number of furan rings is 1. The van der Waals surface area contributed by atoms with Gasteiger partial charge >= 0.3 is 0 Å². The molecule has 8 nitrogen and oxygen atoms in total. The topological polar surface area (TPSA) is 104 Å². The molecule has 0 bridgehead atoms. The monoisotopic (exact) mass is 713 g/mol. The molecule has 0 amide bonds. The number of rotatable bonds is 5. The van der Waals surface area contributed by atoms with Crippen LogP contribution in [0.4, 0.5) is 0 Å². The van der Waals surface area contributed by atoms with Gasteiger partial charge < -0.3 is 18.8 Å². The van der Waals surface area contributed by atoms with Crippen molar-refractivity contribution in [3.8, 4) is 55.8 Å². The van der Waals surface area contributed by atoms with Crippen molar-refractivity contribution in [2.75, 3.05) is 0 Å². The van der Waals surface area contributed by atoms with E-state index in [1.807, 2.05) is 42.5 Å². The van der Waals surface area contributed by atoms with E-state index in [1.54, 1.807) is 11.3 Å². The van der Waals surface area contributed by atoms with E-state index in [2.05, 4.69) is 123 Å². The highest BCUT2D eigenvalue weighted by molar-refractivity contribution is 7.21. The molecule has 0 saturated carbocycles. The maximum atomic E-state index is 7.15. The standard InChI is InChI=1S/C45H27N7OS/c1-3-13-29-25(11-1)23-34(46-29)39-38(42-27-12-2-4-14-30(27)50-51-42)28(26-20-22-52-21-10-9-18-35(26)52)24-36-40(39)41(44-47-31-15-5-6-16-32(31)48-44)43(53-36)45-49-33-17-7-8-19-37(33)54-45/h1-24,46H,(H,47,48)(H,50,51). The van der Waals surface area contributed by atoms with Crippen molar-refractivity contribution >= 4 is 70.9 Å². The fraction of sp³-hybridized carbons (Fsp3) is 0. The molecule has 9 heteroatoms. The van der Waals surface area contributed by atoms with Gasteiger partial charge in [0, 0.05) is 56.5 Å². The molecule has 254 valence electrons. The third-order valence-corrected chi connectivity index (χ3v) is 11.5. The van der Waals surface area contributed by atoms with Gasteiger partial charge in [-0.15, -0.1) is 11.3 Å². The van der Waals surface area contributed by atoms with E-state index in [4.69, 9.17) is 19.5 Å². The number of aromatic nitrogens is 7. The molecule has 0 atom stereocenters. The number of imidazole rings is 1. The fourth-order valence-electron chi connectivity index (χ4n) is 8.05. The van der Waals surface area contributed by atoms with Crippen LogP contribution in [0.5, 0.6) is 0 Å². The van der Waals surface area contributed by atoms with Crippen molar-refractivity contribution < 1.29 is 4.42 Å². The molecule has 0 spiro atoms. The Balaban J connectivity index is 1.31. The Morgan fingerprint density at radius 3 is 2.30 bits per heavy atom. The highest BCUT2D eigenvalue weighted by Crippen LogP contribution is 2.53. The second kappa shape index (κ2) is 11.1. The average Bonchev–Trinajstić information content (AvgIpc) is 4.06. The number of hydrogen-bond acceptors (Lipinski definition) is 5. The average molecular weight is 714 g/mol. The number of fused-ring (bicyclic) bond motifs is 6. The Labute approximate surface area is 310 Å². The summed E-state index contributed by atoms with van der Waals surface area (Å²) in [5.74, 6) is 1.38. The van der Waals surface area contributed by atoms with E-state index in [0.717, 1.165) is 104 Å². The van der Waals surface area contributed by atoms with E-state index >= 15 is 0 Å². The van der Waals surface area contributed by atoms with Gasteiger partial charge in [-0.3, -0.25) is 5.10 Å². The van der Waals surface area contributed by atoms with Gasteiger partial charge in [-0.1, -0.05) is 66.7 Å². The van der Waals surface area contributed by atoms with Gasteiger partial charge in [-0.05, 0) is 72.3 Å². The second-order valence-corrected chi connectivity index (χ2v) is 14.6. The quantitative estimate of drug-likeness (QED) is 0.165. The molecule has 0 radical (unpaired) electrons. The molecule has 12 rings (SSSR count). The van der Waals surface area contributed by atoms with Crippen LogP contribution in [-0.2, 0) is 0 Å². The predicted molar refractivity (Wildman–Crippen MR) is 219 cm³/mol. The molecule has 0 aliphatic carbocycles. The van der Waals surface area contributed by atoms with Crippen LogP contribution in [0.25, 0.3) is 115 Å². The number of nitrogens with one attached hydrogen (secondary N) is 3. The van der Waals surface area contributed by atoms with Gasteiger partial charge in [0.25, 0.3) is 0 Å². The number of nitrogens with zero attached hydrogens (tertiary/aromatic N) is 4. The SMILES string of the molecule is c1ccc2[nH]c(-c3c(-c4n[nH]c5ccccc45)c(-c4ccn5ccccc45)cc4oc(-c5nc6ccccc6s5)c(-c5nc6ccccc6[nH]5)c34)cc2c1. The van der Waals surface area contributed by atoms with Crippen LogP contribution < -0.4 is 0 Å². The van der Waals surface area contributed by atoms with Gasteiger partial charge in [0.05, 0.1) is 37.8 Å². The minimum atomic E-state index is 0.666. The predicted octanol–water partition coefficient (Wildman–Crippen LogP) is 11.9. The number of para-hydroxylation sites is 5. The largest absolute Gasteiger partial charge is 0.453 e. The van der Waals surface area contributed by atoms with Gasteiger partial charge in [-0.2, -0.15) is 5.10 Å². The first-order valence-electron chi connectivity index (χ1n) is 17.8. The first-order valence-corrected chi connectivity index (χ1v) is 18.6. The Bertz CT molecular complexity index is 3330. The summed E-state index contributed by atoms with van der Waals surface area (Å²) in [6.07, 6.45) is 4.19. The van der Waals surface area contributed by atoms with Crippen molar-refractivity contribution in [2.24, 2.45) is 0 Å². The van der Waals surface area contributed by atoms with Crippen molar-refractivity contribution in [3.63, 3.8) is 0 Å².